The number of pyridine rings is 1. The highest BCUT2D eigenvalue weighted by Crippen LogP contribution is 2.31. The summed E-state index contributed by atoms with van der Waals surface area (Å²) >= 11 is 6.28. The number of nitrogens with one attached hydrogen (secondary N) is 1. The van der Waals surface area contributed by atoms with Crippen molar-refractivity contribution in [1.82, 2.24) is 20.1 Å². The normalized spacial score (nSPS) is 19.1. The van der Waals surface area contributed by atoms with Crippen molar-refractivity contribution >= 4 is 29.3 Å². The molecule has 0 bridgehead atoms. The number of nitrogens with zero attached hydrogens (tertiary/aromatic N) is 4. The quantitative estimate of drug-likeness (QED) is 0.818. The second-order valence-electron chi connectivity index (χ2n) is 8.21. The molecule has 1 aliphatic rings. The molecule has 2 heterocycles. The van der Waals surface area contributed by atoms with E-state index in [0.29, 0.717) is 18.5 Å². The van der Waals surface area contributed by atoms with E-state index in [2.05, 4.69) is 15.4 Å². The van der Waals surface area contributed by atoms with Gasteiger partial charge in [-0.2, -0.15) is 5.10 Å². The zero-order chi connectivity index (χ0) is 21.2. The number of hydrogen-bond donors (Lipinski definition) is 1. The largest absolute Gasteiger partial charge is 0.444 e. The first kappa shape index (κ1) is 21.1. The number of carbonyl (C=O) groups is 2. The van der Waals surface area contributed by atoms with Gasteiger partial charge in [0.25, 0.3) is 0 Å². The van der Waals surface area contributed by atoms with Crippen LogP contribution in [-0.4, -0.2) is 45.5 Å². The molecule has 1 N–H and O–H groups in total. The molecule has 1 aliphatic carbocycles. The van der Waals surface area contributed by atoms with Gasteiger partial charge in [-0.15, -0.1) is 0 Å². The van der Waals surface area contributed by atoms with Crippen LogP contribution in [0, 0.1) is 5.92 Å². The molecule has 2 amide bonds. The Balaban J connectivity index is 1.63. The van der Waals surface area contributed by atoms with E-state index >= 15 is 0 Å². The SMILES string of the molecule is CN(C(=O)[C@H]1CC[C@@H](NC(=O)OC(C)(C)C)C1)c1cn(-c2cccnc2)nc1Cl. The van der Waals surface area contributed by atoms with Crippen molar-refractivity contribution in [3.63, 3.8) is 0 Å². The Labute approximate surface area is 175 Å². The second kappa shape index (κ2) is 8.41. The molecule has 3 rings (SSSR count). The van der Waals surface area contributed by atoms with Gasteiger partial charge in [-0.1, -0.05) is 11.6 Å². The number of ether oxygens (including phenoxy) is 1. The Hall–Kier alpha value is -2.61. The lowest BCUT2D eigenvalue weighted by Crippen LogP contribution is -2.38. The number of rotatable bonds is 4. The third kappa shape index (κ3) is 5.26. The first-order valence-corrected chi connectivity index (χ1v) is 9.94. The summed E-state index contributed by atoms with van der Waals surface area (Å²) < 4.78 is 6.89. The van der Waals surface area contributed by atoms with Crippen LogP contribution in [0.25, 0.3) is 5.69 Å². The molecule has 0 aromatic carbocycles. The summed E-state index contributed by atoms with van der Waals surface area (Å²) in [5, 5.41) is 7.37. The van der Waals surface area contributed by atoms with Gasteiger partial charge in [-0.05, 0) is 52.2 Å². The van der Waals surface area contributed by atoms with Gasteiger partial charge < -0.3 is 15.0 Å². The Morgan fingerprint density at radius 1 is 1.34 bits per heavy atom. The third-order valence-corrected chi connectivity index (χ3v) is 5.03. The van der Waals surface area contributed by atoms with Crippen molar-refractivity contribution in [2.45, 2.75) is 51.7 Å². The summed E-state index contributed by atoms with van der Waals surface area (Å²) in [6.07, 6.45) is 6.58. The molecule has 0 aliphatic heterocycles. The maximum atomic E-state index is 13.0. The highest BCUT2D eigenvalue weighted by atomic mass is 35.5. The molecule has 0 radical (unpaired) electrons. The number of hydrogen-bond acceptors (Lipinski definition) is 5. The molecule has 8 nitrogen and oxygen atoms in total. The number of amides is 2. The molecule has 0 saturated heterocycles. The van der Waals surface area contributed by atoms with Crippen molar-refractivity contribution in [2.75, 3.05) is 11.9 Å². The zero-order valence-corrected chi connectivity index (χ0v) is 17.8. The van der Waals surface area contributed by atoms with Gasteiger partial charge >= 0.3 is 6.09 Å². The van der Waals surface area contributed by atoms with Crippen LogP contribution in [0.5, 0.6) is 0 Å². The fourth-order valence-corrected chi connectivity index (χ4v) is 3.65. The molecule has 0 spiro atoms. The predicted octanol–water partition coefficient (Wildman–Crippen LogP) is 3.58. The van der Waals surface area contributed by atoms with Gasteiger partial charge in [-0.25, -0.2) is 9.48 Å². The number of halogens is 1. The summed E-state index contributed by atoms with van der Waals surface area (Å²) in [7, 11) is 1.69. The molecule has 9 heteroatoms. The molecule has 2 aromatic rings. The Morgan fingerprint density at radius 3 is 2.76 bits per heavy atom. The lowest BCUT2D eigenvalue weighted by atomic mass is 10.1. The highest BCUT2D eigenvalue weighted by molar-refractivity contribution is 6.32. The van der Waals surface area contributed by atoms with Gasteiger partial charge in [0.05, 0.1) is 18.1 Å². The molecule has 2 aromatic heterocycles. The van der Waals surface area contributed by atoms with Crippen molar-refractivity contribution in [1.29, 1.82) is 0 Å². The third-order valence-electron chi connectivity index (χ3n) is 4.76. The van der Waals surface area contributed by atoms with E-state index in [1.807, 2.05) is 26.8 Å². The summed E-state index contributed by atoms with van der Waals surface area (Å²) in [5.41, 5.74) is 0.733. The lowest BCUT2D eigenvalue weighted by Gasteiger charge is -2.22. The second-order valence-corrected chi connectivity index (χ2v) is 8.57. The maximum Gasteiger partial charge on any atom is 0.407 e. The minimum Gasteiger partial charge on any atom is -0.444 e. The predicted molar refractivity (Wildman–Crippen MR) is 110 cm³/mol. The van der Waals surface area contributed by atoms with Crippen LogP contribution < -0.4 is 10.2 Å². The van der Waals surface area contributed by atoms with E-state index in [-0.39, 0.29) is 23.0 Å². The van der Waals surface area contributed by atoms with Gasteiger partial charge in [0.2, 0.25) is 5.91 Å². The van der Waals surface area contributed by atoms with Crippen molar-refractivity contribution in [3.05, 3.63) is 35.9 Å². The number of aromatic nitrogens is 3. The minimum absolute atomic E-state index is 0.0499. The lowest BCUT2D eigenvalue weighted by molar-refractivity contribution is -0.121. The first-order chi connectivity index (χ1) is 13.6. The fraction of sp³-hybridized carbons (Fsp3) is 0.500. The van der Waals surface area contributed by atoms with E-state index in [1.165, 1.54) is 4.90 Å². The molecule has 156 valence electrons. The fourth-order valence-electron chi connectivity index (χ4n) is 3.39. The minimum atomic E-state index is -0.552. The van der Waals surface area contributed by atoms with Crippen LogP contribution in [0.2, 0.25) is 5.15 Å². The van der Waals surface area contributed by atoms with Gasteiger partial charge in [0, 0.05) is 25.2 Å². The number of alkyl carbamates (subject to hydrolysis) is 1. The Kier molecular flexibility index (Phi) is 6.12. The summed E-state index contributed by atoms with van der Waals surface area (Å²) in [4.78, 5) is 30.5. The average molecular weight is 420 g/mol. The van der Waals surface area contributed by atoms with Crippen LogP contribution in [0.1, 0.15) is 40.0 Å². The van der Waals surface area contributed by atoms with E-state index in [1.54, 1.807) is 36.4 Å². The summed E-state index contributed by atoms with van der Waals surface area (Å²) in [5.74, 6) is -0.246. The average Bonchev–Trinajstić information content (AvgIpc) is 3.26. The number of carbonyl (C=O) groups excluding carboxylic acids is 2. The monoisotopic (exact) mass is 419 g/mol. The van der Waals surface area contributed by atoms with Crippen LogP contribution in [0.3, 0.4) is 0 Å². The standard InChI is InChI=1S/C20H26ClN5O3/c1-20(2,3)29-19(28)23-14-8-7-13(10-14)18(27)25(4)16-12-26(24-17(16)21)15-6-5-9-22-11-15/h5-6,9,11-14H,7-8,10H2,1-4H3,(H,23,28)/t13-,14+/m0/s1. The molecule has 29 heavy (non-hydrogen) atoms. The zero-order valence-electron chi connectivity index (χ0n) is 17.1. The molecular formula is C20H26ClN5O3. The van der Waals surface area contributed by atoms with Crippen LogP contribution in [0.15, 0.2) is 30.7 Å². The molecule has 1 saturated carbocycles. The highest BCUT2D eigenvalue weighted by Gasteiger charge is 2.34. The molecule has 0 unspecified atom stereocenters. The summed E-state index contributed by atoms with van der Waals surface area (Å²) in [6, 6.07) is 3.57. The first-order valence-electron chi connectivity index (χ1n) is 9.56. The van der Waals surface area contributed by atoms with Crippen LogP contribution >= 0.6 is 11.6 Å². The van der Waals surface area contributed by atoms with Gasteiger partial charge in [-0.3, -0.25) is 9.78 Å². The van der Waals surface area contributed by atoms with E-state index in [9.17, 15) is 9.59 Å². The van der Waals surface area contributed by atoms with Crippen LogP contribution in [0.4, 0.5) is 10.5 Å². The van der Waals surface area contributed by atoms with E-state index in [0.717, 1.165) is 12.1 Å². The topological polar surface area (TPSA) is 89.4 Å². The van der Waals surface area contributed by atoms with Gasteiger partial charge in [0.1, 0.15) is 11.3 Å². The van der Waals surface area contributed by atoms with E-state index in [4.69, 9.17) is 16.3 Å². The van der Waals surface area contributed by atoms with Crippen molar-refractivity contribution < 1.29 is 14.3 Å². The number of anilines is 1. The van der Waals surface area contributed by atoms with Gasteiger partial charge in [0.15, 0.2) is 5.15 Å². The Bertz CT molecular complexity index is 878. The Morgan fingerprint density at radius 2 is 2.10 bits per heavy atom. The molecule has 1 fully saturated rings. The van der Waals surface area contributed by atoms with Crippen molar-refractivity contribution in [3.8, 4) is 5.69 Å². The van der Waals surface area contributed by atoms with Crippen LogP contribution in [-0.2, 0) is 9.53 Å². The maximum absolute atomic E-state index is 13.0. The van der Waals surface area contributed by atoms with E-state index < -0.39 is 11.7 Å². The molecular weight excluding hydrogens is 394 g/mol. The smallest absolute Gasteiger partial charge is 0.407 e. The van der Waals surface area contributed by atoms with Crippen molar-refractivity contribution in [2.24, 2.45) is 5.92 Å². The summed E-state index contributed by atoms with van der Waals surface area (Å²) in [6.45, 7) is 5.45. The molecule has 2 atom stereocenters.